The lowest BCUT2D eigenvalue weighted by Gasteiger charge is -2.22. The first-order valence-electron chi connectivity index (χ1n) is 13.6. The van der Waals surface area contributed by atoms with E-state index in [0.717, 1.165) is 4.90 Å². The number of benzene rings is 2. The lowest BCUT2D eigenvalue weighted by Crippen LogP contribution is -2.20. The van der Waals surface area contributed by atoms with E-state index in [1.54, 1.807) is 0 Å². The minimum absolute atomic E-state index is 0.789. The Morgan fingerprint density at radius 1 is 1.15 bits per heavy atom. The molecule has 0 bridgehead atoms. The summed E-state index contributed by atoms with van der Waals surface area (Å²) in [5, 5.41) is 0. The van der Waals surface area contributed by atoms with Crippen LogP contribution < -0.4 is 0 Å². The van der Waals surface area contributed by atoms with Gasteiger partial charge in [0.1, 0.15) is 6.10 Å². The number of hydrogen-bond acceptors (Lipinski definition) is 2. The van der Waals surface area contributed by atoms with E-state index in [0.29, 0.717) is 0 Å². The number of ether oxygens (including phenoxy) is 1. The van der Waals surface area contributed by atoms with Gasteiger partial charge in [0.15, 0.2) is 0 Å². The molecular weight excluding hydrogens is 246 g/mol. The van der Waals surface area contributed by atoms with Crippen LogP contribution in [0.1, 0.15) is 44.7 Å². The van der Waals surface area contributed by atoms with Gasteiger partial charge in [-0.1, -0.05) is 54.4 Å². The highest BCUT2D eigenvalue weighted by atomic mass is 16.5. The van der Waals surface area contributed by atoms with Gasteiger partial charge < -0.3 is 9.64 Å². The summed E-state index contributed by atoms with van der Waals surface area (Å²) in [6.07, 6.45) is -2.35. The number of nitrogens with zero attached hydrogens (tertiary/aromatic N) is 1. The van der Waals surface area contributed by atoms with Crippen molar-refractivity contribution in [3.63, 3.8) is 0 Å². The van der Waals surface area contributed by atoms with Gasteiger partial charge in [-0.3, -0.25) is 0 Å². The van der Waals surface area contributed by atoms with Crippen molar-refractivity contribution >= 4 is 0 Å². The zero-order valence-corrected chi connectivity index (χ0v) is 10.9. The SMILES string of the molecule is [2H]c1c([2H])c([2H])c(C(OC([2H])([2H])C([2H])([2H])N(C)C)c2c([2H])c([2H])c([2H])c([2H])c2C([2H])([2H])[2H])c([2H])c1[2H]. The van der Waals surface area contributed by atoms with E-state index in [-0.39, 0.29) is 0 Å². The molecule has 106 valence electrons. The second-order valence-electron chi connectivity index (χ2n) is 3.93. The molecule has 1 unspecified atom stereocenters. The molecular formula is C18H23NO. The average molecular weight is 285 g/mol. The maximum absolute atomic E-state index is 8.37. The fraction of sp³-hybridized carbons (Fsp3) is 0.333. The first kappa shape index (κ1) is 4.43. The van der Waals surface area contributed by atoms with E-state index in [1.807, 2.05) is 0 Å². The quantitative estimate of drug-likeness (QED) is 0.803. The smallest absolute Gasteiger partial charge is 0.108 e. The van der Waals surface area contributed by atoms with E-state index in [4.69, 9.17) is 26.7 Å². The van der Waals surface area contributed by atoms with Crippen molar-refractivity contribution in [3.05, 3.63) is 71.1 Å². The van der Waals surface area contributed by atoms with Crippen LogP contribution in [0.5, 0.6) is 0 Å². The Labute approximate surface area is 144 Å². The molecule has 2 nitrogen and oxygen atoms in total. The molecule has 0 aliphatic rings. The molecule has 0 saturated heterocycles. The third kappa shape index (κ3) is 3.92. The van der Waals surface area contributed by atoms with Crippen LogP contribution in [0.3, 0.4) is 0 Å². The minimum Gasteiger partial charge on any atom is -0.367 e. The van der Waals surface area contributed by atoms with Crippen LogP contribution in [0, 0.1) is 6.85 Å². The summed E-state index contributed by atoms with van der Waals surface area (Å²) in [4.78, 5) is 0.789. The zero-order chi connectivity index (χ0) is 28.3. The van der Waals surface area contributed by atoms with E-state index >= 15 is 0 Å². The molecule has 0 aliphatic carbocycles. The van der Waals surface area contributed by atoms with E-state index in [1.165, 1.54) is 14.1 Å². The Morgan fingerprint density at radius 2 is 1.85 bits per heavy atom. The van der Waals surface area contributed by atoms with Crippen LogP contribution in [0.25, 0.3) is 0 Å². The van der Waals surface area contributed by atoms with E-state index < -0.39 is 97.1 Å². The third-order valence-corrected chi connectivity index (χ3v) is 2.21. The average Bonchev–Trinajstić information content (AvgIpc) is 2.75. The second kappa shape index (κ2) is 7.22. The van der Waals surface area contributed by atoms with Gasteiger partial charge in [-0.2, -0.15) is 0 Å². The molecule has 0 fully saturated rings. The predicted octanol–water partition coefficient (Wildman–Crippen LogP) is 3.66. The Balaban J connectivity index is 3.16. The summed E-state index contributed by atoms with van der Waals surface area (Å²) in [5.41, 5.74) is -2.75. The van der Waals surface area contributed by atoms with Gasteiger partial charge in [0.05, 0.1) is 21.6 Å². The molecule has 20 heavy (non-hydrogen) atoms. The molecule has 0 aliphatic heterocycles. The highest BCUT2D eigenvalue weighted by Crippen LogP contribution is 2.28. The Kier molecular flexibility index (Phi) is 1.60. The largest absolute Gasteiger partial charge is 0.367 e. The Hall–Kier alpha value is -1.64. The number of rotatable bonds is 6. The van der Waals surface area contributed by atoms with Crippen molar-refractivity contribution in [2.24, 2.45) is 0 Å². The van der Waals surface area contributed by atoms with Crippen LogP contribution in [0.2, 0.25) is 0 Å². The van der Waals surface area contributed by atoms with Crippen molar-refractivity contribution in [1.82, 2.24) is 4.90 Å². The zero-order valence-electron chi connectivity index (χ0n) is 26.9. The lowest BCUT2D eigenvalue weighted by atomic mass is 9.97. The fourth-order valence-corrected chi connectivity index (χ4v) is 1.35. The molecule has 0 N–H and O–H groups in total. The maximum Gasteiger partial charge on any atom is 0.108 e. The first-order chi connectivity index (χ1) is 16.1. The van der Waals surface area contributed by atoms with Crippen LogP contribution in [-0.4, -0.2) is 32.1 Å². The fourth-order valence-electron chi connectivity index (χ4n) is 1.35. The standard InChI is InChI=1S/C18H23NO/c1-15-9-7-8-12-17(15)18(20-14-13-19(2)3)16-10-5-4-6-11-16/h4-12,18H,13-14H2,1-3H3/i1D3,4D,5D,6D,7D,8D,9D,10D,11D,12D,13D2,14D2. The lowest BCUT2D eigenvalue weighted by molar-refractivity contribution is 0.0683. The van der Waals surface area contributed by atoms with Gasteiger partial charge in [-0.25, -0.2) is 0 Å². The molecule has 0 spiro atoms. The minimum atomic E-state index is -3.35. The van der Waals surface area contributed by atoms with Gasteiger partial charge in [-0.15, -0.1) is 0 Å². The highest BCUT2D eigenvalue weighted by molar-refractivity contribution is 5.35. The van der Waals surface area contributed by atoms with Crippen LogP contribution in [-0.2, 0) is 4.74 Å². The first-order valence-corrected chi connectivity index (χ1v) is 5.64. The van der Waals surface area contributed by atoms with Crippen molar-refractivity contribution < 1.29 is 26.7 Å². The third-order valence-electron chi connectivity index (χ3n) is 2.21. The molecule has 0 heterocycles. The Bertz CT molecular complexity index is 1160. The summed E-state index contributed by atoms with van der Waals surface area (Å²) in [5.74, 6) is 0. The van der Waals surface area contributed by atoms with Crippen LogP contribution in [0.4, 0.5) is 0 Å². The van der Waals surface area contributed by atoms with Crippen LogP contribution >= 0.6 is 0 Å². The molecule has 0 amide bonds. The number of likely N-dealkylation sites (N-methyl/N-ethyl adjacent to an activating group) is 1. The Morgan fingerprint density at radius 3 is 2.55 bits per heavy atom. The molecule has 0 aromatic heterocycles. The van der Waals surface area contributed by atoms with Gasteiger partial charge in [0.25, 0.3) is 0 Å². The maximum atomic E-state index is 8.37. The molecule has 2 aromatic carbocycles. The van der Waals surface area contributed by atoms with Gasteiger partial charge >= 0.3 is 0 Å². The van der Waals surface area contributed by atoms with E-state index in [9.17, 15) is 0 Å². The normalized spacial score (nSPS) is 26.1. The second-order valence-corrected chi connectivity index (χ2v) is 3.93. The summed E-state index contributed by atoms with van der Waals surface area (Å²) >= 11 is 0. The van der Waals surface area contributed by atoms with Crippen LogP contribution in [0.15, 0.2) is 54.4 Å². The highest BCUT2D eigenvalue weighted by Gasteiger charge is 2.16. The topological polar surface area (TPSA) is 12.5 Å². The molecule has 0 saturated carbocycles. The summed E-state index contributed by atoms with van der Waals surface area (Å²) in [6, 6.07) is -8.43. The van der Waals surface area contributed by atoms with E-state index in [2.05, 4.69) is 0 Å². The summed E-state index contributed by atoms with van der Waals surface area (Å²) < 4.78 is 135. The molecule has 0 radical (unpaired) electrons. The predicted molar refractivity (Wildman–Crippen MR) is 84.0 cm³/mol. The van der Waals surface area contributed by atoms with Gasteiger partial charge in [0.2, 0.25) is 0 Å². The monoisotopic (exact) mass is 285 g/mol. The van der Waals surface area contributed by atoms with Crippen molar-refractivity contribution in [1.29, 1.82) is 0 Å². The van der Waals surface area contributed by atoms with Gasteiger partial charge in [-0.05, 0) is 37.6 Å². The molecule has 1 atom stereocenters. The van der Waals surface area contributed by atoms with Gasteiger partial charge in [0, 0.05) is 13.4 Å². The molecule has 2 rings (SSSR count). The number of hydrogen-bond donors (Lipinski definition) is 0. The molecule has 2 aromatic rings. The van der Waals surface area contributed by atoms with Crippen molar-refractivity contribution in [2.45, 2.75) is 13.0 Å². The van der Waals surface area contributed by atoms with Crippen molar-refractivity contribution in [2.75, 3.05) is 27.2 Å². The van der Waals surface area contributed by atoms with Crippen molar-refractivity contribution in [3.8, 4) is 0 Å². The summed E-state index contributed by atoms with van der Waals surface area (Å²) in [7, 11) is 2.34. The summed E-state index contributed by atoms with van der Waals surface area (Å²) in [6.45, 7) is -9.52. The molecule has 2 heteroatoms.